The zero-order valence-electron chi connectivity index (χ0n) is 6.57. The molecule has 0 saturated carbocycles. The Kier molecular flexibility index (Phi) is 2.73. The van der Waals surface area contributed by atoms with Gasteiger partial charge in [0.05, 0.1) is 5.56 Å². The topological polar surface area (TPSA) is 63.3 Å². The van der Waals surface area contributed by atoms with Crippen LogP contribution < -0.4 is 5.14 Å². The summed E-state index contributed by atoms with van der Waals surface area (Å²) in [5, 5.41) is 14.5. The first-order chi connectivity index (χ1) is 5.65. The van der Waals surface area contributed by atoms with Gasteiger partial charge in [-0.05, 0) is 37.1 Å². The van der Waals surface area contributed by atoms with Crippen molar-refractivity contribution in [3.63, 3.8) is 0 Å². The molecule has 0 aliphatic heterocycles. The van der Waals surface area contributed by atoms with E-state index in [1.54, 1.807) is 12.1 Å². The Balaban J connectivity index is 3.17. The molecule has 0 aliphatic carbocycles. The molecule has 0 aromatic heterocycles. The fourth-order valence-electron chi connectivity index (χ4n) is 0.870. The lowest BCUT2D eigenvalue weighted by Gasteiger charge is -2.01. The van der Waals surface area contributed by atoms with Crippen molar-refractivity contribution in [2.45, 2.75) is 11.8 Å². The number of aromatic hydroxyl groups is 1. The van der Waals surface area contributed by atoms with Gasteiger partial charge in [0.1, 0.15) is 5.75 Å². The summed E-state index contributed by atoms with van der Waals surface area (Å²) in [6, 6.07) is 4.70. The van der Waals surface area contributed by atoms with Crippen LogP contribution in [0.3, 0.4) is 0 Å². The predicted molar refractivity (Wildman–Crippen MR) is 48.2 cm³/mol. The van der Waals surface area contributed by atoms with Gasteiger partial charge >= 0.3 is 0 Å². The van der Waals surface area contributed by atoms with Crippen molar-refractivity contribution in [3.05, 3.63) is 23.8 Å². The molecule has 12 heavy (non-hydrogen) atoms. The molecule has 0 radical (unpaired) electrons. The molecule has 0 atom stereocenters. The number of hydrogen-bond acceptors (Lipinski definition) is 4. The van der Waals surface area contributed by atoms with E-state index < -0.39 is 0 Å². The number of Topliss-reactive ketones (excluding diaryl/α,β-unsaturated/α-hetero) is 1. The molecule has 1 rings (SSSR count). The van der Waals surface area contributed by atoms with Gasteiger partial charge in [0.2, 0.25) is 0 Å². The van der Waals surface area contributed by atoms with Crippen LogP contribution in [0.5, 0.6) is 5.75 Å². The summed E-state index contributed by atoms with van der Waals surface area (Å²) in [5.74, 6) is -0.163. The number of benzene rings is 1. The van der Waals surface area contributed by atoms with Crippen LogP contribution in [-0.2, 0) is 0 Å². The van der Waals surface area contributed by atoms with Crippen LogP contribution in [0.25, 0.3) is 0 Å². The maximum atomic E-state index is 10.9. The first-order valence-electron chi connectivity index (χ1n) is 3.36. The third-order valence-electron chi connectivity index (χ3n) is 1.48. The average Bonchev–Trinajstić information content (AvgIpc) is 2.05. The number of phenols is 1. The van der Waals surface area contributed by atoms with Crippen LogP contribution in [0.2, 0.25) is 0 Å². The molecule has 1 aromatic carbocycles. The van der Waals surface area contributed by atoms with Crippen molar-refractivity contribution in [2.75, 3.05) is 0 Å². The molecule has 0 amide bonds. The molecule has 4 heteroatoms. The fraction of sp³-hybridized carbons (Fsp3) is 0.125. The molecule has 64 valence electrons. The van der Waals surface area contributed by atoms with E-state index in [4.69, 9.17) is 5.14 Å². The van der Waals surface area contributed by atoms with Crippen LogP contribution in [0, 0.1) is 0 Å². The van der Waals surface area contributed by atoms with E-state index in [1.165, 1.54) is 13.0 Å². The molecule has 0 aliphatic rings. The second-order valence-electron chi connectivity index (χ2n) is 2.35. The summed E-state index contributed by atoms with van der Waals surface area (Å²) in [5.41, 5.74) is 0.311. The van der Waals surface area contributed by atoms with Crippen molar-refractivity contribution in [1.82, 2.24) is 0 Å². The van der Waals surface area contributed by atoms with E-state index in [9.17, 15) is 9.90 Å². The second-order valence-corrected chi connectivity index (χ2v) is 3.06. The fourth-order valence-corrected chi connectivity index (χ4v) is 1.20. The molecule has 3 N–H and O–H groups in total. The monoisotopic (exact) mass is 183 g/mol. The number of ketones is 1. The van der Waals surface area contributed by atoms with Gasteiger partial charge in [-0.15, -0.1) is 0 Å². The summed E-state index contributed by atoms with van der Waals surface area (Å²) >= 11 is 1.05. The van der Waals surface area contributed by atoms with E-state index in [0.717, 1.165) is 16.8 Å². The minimum Gasteiger partial charge on any atom is -0.507 e. The molecule has 0 saturated heterocycles. The molecule has 0 bridgehead atoms. The highest BCUT2D eigenvalue weighted by atomic mass is 32.2. The Morgan fingerprint density at radius 2 is 2.25 bits per heavy atom. The third kappa shape index (κ3) is 1.78. The SMILES string of the molecule is CC(=O)c1cc(SN)ccc1O. The average molecular weight is 183 g/mol. The Morgan fingerprint density at radius 3 is 2.75 bits per heavy atom. The molecular formula is C8H9NO2S. The maximum absolute atomic E-state index is 10.9. The Morgan fingerprint density at radius 1 is 1.58 bits per heavy atom. The minimum absolute atomic E-state index is 0.000278. The highest BCUT2D eigenvalue weighted by Gasteiger charge is 2.06. The second kappa shape index (κ2) is 3.60. The zero-order valence-corrected chi connectivity index (χ0v) is 7.39. The van der Waals surface area contributed by atoms with E-state index >= 15 is 0 Å². The summed E-state index contributed by atoms with van der Waals surface area (Å²) < 4.78 is 0. The van der Waals surface area contributed by atoms with Crippen molar-refractivity contribution in [3.8, 4) is 5.75 Å². The van der Waals surface area contributed by atoms with Crippen molar-refractivity contribution in [2.24, 2.45) is 5.14 Å². The summed E-state index contributed by atoms with van der Waals surface area (Å²) in [6.07, 6.45) is 0. The van der Waals surface area contributed by atoms with Gasteiger partial charge in [-0.1, -0.05) is 0 Å². The van der Waals surface area contributed by atoms with Gasteiger partial charge in [0, 0.05) is 4.90 Å². The van der Waals surface area contributed by atoms with Crippen LogP contribution >= 0.6 is 11.9 Å². The quantitative estimate of drug-likeness (QED) is 0.539. The smallest absolute Gasteiger partial charge is 0.163 e. The number of nitrogens with two attached hydrogens (primary N) is 1. The summed E-state index contributed by atoms with van der Waals surface area (Å²) in [7, 11) is 0. The zero-order chi connectivity index (χ0) is 9.14. The van der Waals surface area contributed by atoms with Gasteiger partial charge in [-0.2, -0.15) is 0 Å². The van der Waals surface area contributed by atoms with Crippen LogP contribution in [0.4, 0.5) is 0 Å². The van der Waals surface area contributed by atoms with E-state index in [1.807, 2.05) is 0 Å². The first-order valence-corrected chi connectivity index (χ1v) is 4.24. The van der Waals surface area contributed by atoms with Crippen LogP contribution in [0.15, 0.2) is 23.1 Å². The van der Waals surface area contributed by atoms with E-state index in [0.29, 0.717) is 5.56 Å². The highest BCUT2D eigenvalue weighted by molar-refractivity contribution is 7.97. The lowest BCUT2D eigenvalue weighted by molar-refractivity contribution is 0.101. The summed E-state index contributed by atoms with van der Waals surface area (Å²) in [4.78, 5) is 11.7. The lowest BCUT2D eigenvalue weighted by atomic mass is 10.1. The number of rotatable bonds is 2. The molecule has 0 fully saturated rings. The molecule has 0 heterocycles. The maximum Gasteiger partial charge on any atom is 0.163 e. The first kappa shape index (κ1) is 9.09. The largest absolute Gasteiger partial charge is 0.507 e. The Hall–Kier alpha value is -1.00. The highest BCUT2D eigenvalue weighted by Crippen LogP contribution is 2.22. The number of carbonyl (C=O) groups excluding carboxylic acids is 1. The standard InChI is InChI=1S/C8H9NO2S/c1-5(10)7-4-6(12-9)2-3-8(7)11/h2-4,11H,9H2,1H3. The Labute approximate surface area is 74.7 Å². The predicted octanol–water partition coefficient (Wildman–Crippen LogP) is 1.56. The molecule has 3 nitrogen and oxygen atoms in total. The van der Waals surface area contributed by atoms with Gasteiger partial charge < -0.3 is 5.11 Å². The van der Waals surface area contributed by atoms with Crippen molar-refractivity contribution in [1.29, 1.82) is 0 Å². The molecule has 1 aromatic rings. The third-order valence-corrected chi connectivity index (χ3v) is 2.01. The van der Waals surface area contributed by atoms with Crippen LogP contribution in [-0.4, -0.2) is 10.9 Å². The van der Waals surface area contributed by atoms with Crippen LogP contribution in [0.1, 0.15) is 17.3 Å². The summed E-state index contributed by atoms with van der Waals surface area (Å²) in [6.45, 7) is 1.40. The van der Waals surface area contributed by atoms with Crippen molar-refractivity contribution < 1.29 is 9.90 Å². The van der Waals surface area contributed by atoms with Crippen molar-refractivity contribution >= 4 is 17.7 Å². The van der Waals surface area contributed by atoms with E-state index in [-0.39, 0.29) is 11.5 Å². The van der Waals surface area contributed by atoms with Gasteiger partial charge in [-0.3, -0.25) is 9.93 Å². The van der Waals surface area contributed by atoms with E-state index in [2.05, 4.69) is 0 Å². The molecule has 0 unspecified atom stereocenters. The van der Waals surface area contributed by atoms with Gasteiger partial charge in [0.15, 0.2) is 5.78 Å². The normalized spacial score (nSPS) is 9.83. The van der Waals surface area contributed by atoms with Gasteiger partial charge in [0.25, 0.3) is 0 Å². The number of phenolic OH excluding ortho intramolecular Hbond substituents is 1. The molecular weight excluding hydrogens is 174 g/mol. The minimum atomic E-state index is -0.164. The number of carbonyl (C=O) groups is 1. The number of hydrogen-bond donors (Lipinski definition) is 2. The lowest BCUT2D eigenvalue weighted by Crippen LogP contribution is -1.93. The Bertz CT molecular complexity index is 312. The molecule has 0 spiro atoms. The van der Waals surface area contributed by atoms with Gasteiger partial charge in [-0.25, -0.2) is 0 Å².